The molecule has 0 spiro atoms. The molecular weight excluding hydrogens is 326 g/mol. The van der Waals surface area contributed by atoms with E-state index in [9.17, 15) is 24.5 Å². The van der Waals surface area contributed by atoms with E-state index in [1.807, 2.05) is 0 Å². The van der Waals surface area contributed by atoms with Gasteiger partial charge in [0.2, 0.25) is 11.8 Å². The van der Waals surface area contributed by atoms with E-state index in [0.29, 0.717) is 4.90 Å². The maximum absolute atomic E-state index is 11.9. The Balaban J connectivity index is 2.65. The molecule has 124 valence electrons. The molecule has 23 heavy (non-hydrogen) atoms. The fraction of sp³-hybridized carbons (Fsp3) is 0.308. The van der Waals surface area contributed by atoms with Crippen molar-refractivity contribution in [1.82, 2.24) is 10.6 Å². The van der Waals surface area contributed by atoms with Gasteiger partial charge in [-0.1, -0.05) is 0 Å². The summed E-state index contributed by atoms with van der Waals surface area (Å²) in [5.74, 6) is -2.08. The summed E-state index contributed by atoms with van der Waals surface area (Å²) >= 11 is 1.21. The Labute approximate surface area is 135 Å². The lowest BCUT2D eigenvalue weighted by molar-refractivity contribution is -0.384. The fourth-order valence-corrected chi connectivity index (χ4v) is 2.48. The van der Waals surface area contributed by atoms with Gasteiger partial charge in [-0.05, 0) is 12.1 Å². The maximum atomic E-state index is 11.9. The first kappa shape index (κ1) is 18.4. The van der Waals surface area contributed by atoms with Crippen molar-refractivity contribution >= 4 is 35.2 Å². The van der Waals surface area contributed by atoms with Gasteiger partial charge in [-0.15, -0.1) is 11.8 Å². The van der Waals surface area contributed by atoms with Crippen LogP contribution in [-0.2, 0) is 14.4 Å². The molecule has 0 bridgehead atoms. The van der Waals surface area contributed by atoms with E-state index >= 15 is 0 Å². The van der Waals surface area contributed by atoms with Gasteiger partial charge < -0.3 is 15.7 Å². The molecule has 1 aromatic carbocycles. The summed E-state index contributed by atoms with van der Waals surface area (Å²) in [6.45, 7) is 0.700. The number of carbonyl (C=O) groups is 3. The number of carbonyl (C=O) groups excluding carboxylic acids is 2. The van der Waals surface area contributed by atoms with Crippen molar-refractivity contribution in [2.75, 3.05) is 12.3 Å². The number of thioether (sulfide) groups is 1. The van der Waals surface area contributed by atoms with E-state index in [-0.39, 0.29) is 11.4 Å². The first-order chi connectivity index (χ1) is 10.8. The van der Waals surface area contributed by atoms with Crippen LogP contribution >= 0.6 is 11.8 Å². The zero-order valence-electron chi connectivity index (χ0n) is 12.1. The molecule has 1 atom stereocenters. The van der Waals surface area contributed by atoms with Crippen molar-refractivity contribution in [2.24, 2.45) is 0 Å². The summed E-state index contributed by atoms with van der Waals surface area (Å²) in [6, 6.07) is 4.82. The summed E-state index contributed by atoms with van der Waals surface area (Å²) < 4.78 is 0. The number of carboxylic acids is 1. The maximum Gasteiger partial charge on any atom is 0.322 e. The third kappa shape index (κ3) is 6.78. The molecule has 0 aromatic heterocycles. The number of nitrogens with one attached hydrogen (secondary N) is 2. The number of hydrogen-bond donors (Lipinski definition) is 3. The van der Waals surface area contributed by atoms with Crippen molar-refractivity contribution in [3.05, 3.63) is 34.4 Å². The Morgan fingerprint density at radius 2 is 1.91 bits per heavy atom. The quantitative estimate of drug-likeness (QED) is 0.353. The molecule has 0 heterocycles. The molecule has 3 N–H and O–H groups in total. The van der Waals surface area contributed by atoms with Crippen molar-refractivity contribution < 1.29 is 24.4 Å². The van der Waals surface area contributed by atoms with Gasteiger partial charge in [0.15, 0.2) is 0 Å². The Morgan fingerprint density at radius 1 is 1.30 bits per heavy atom. The van der Waals surface area contributed by atoms with Gasteiger partial charge in [0.05, 0.1) is 4.92 Å². The fourth-order valence-electron chi connectivity index (χ4n) is 1.56. The summed E-state index contributed by atoms with van der Waals surface area (Å²) in [5, 5.41) is 23.7. The van der Waals surface area contributed by atoms with E-state index in [2.05, 4.69) is 10.6 Å². The Hall–Kier alpha value is -2.62. The molecule has 2 amide bonds. The predicted octanol–water partition coefficient (Wildman–Crippen LogP) is 0.392. The third-order valence-electron chi connectivity index (χ3n) is 2.57. The van der Waals surface area contributed by atoms with E-state index in [4.69, 9.17) is 5.11 Å². The largest absolute Gasteiger partial charge is 0.480 e. The van der Waals surface area contributed by atoms with Crippen LogP contribution < -0.4 is 10.6 Å². The van der Waals surface area contributed by atoms with E-state index in [0.717, 1.165) is 0 Å². The molecule has 0 fully saturated rings. The molecule has 1 rings (SSSR count). The van der Waals surface area contributed by atoms with E-state index < -0.39 is 35.3 Å². The molecule has 0 aliphatic carbocycles. The highest BCUT2D eigenvalue weighted by Crippen LogP contribution is 2.22. The van der Waals surface area contributed by atoms with Gasteiger partial charge in [0.25, 0.3) is 5.69 Å². The van der Waals surface area contributed by atoms with E-state index in [1.54, 1.807) is 0 Å². The molecule has 0 aliphatic rings. The summed E-state index contributed by atoms with van der Waals surface area (Å²) in [7, 11) is 0. The van der Waals surface area contributed by atoms with Crippen LogP contribution in [0.3, 0.4) is 0 Å². The number of non-ortho nitro benzene ring substituents is 1. The summed E-state index contributed by atoms with van der Waals surface area (Å²) in [4.78, 5) is 44.2. The molecule has 0 aliphatic heterocycles. The number of nitrogens with zero attached hydrogens (tertiary/aromatic N) is 1. The van der Waals surface area contributed by atoms with Crippen LogP contribution in [0.15, 0.2) is 29.2 Å². The zero-order chi connectivity index (χ0) is 17.4. The smallest absolute Gasteiger partial charge is 0.322 e. The minimum atomic E-state index is -1.19. The third-order valence-corrected chi connectivity index (χ3v) is 3.68. The minimum absolute atomic E-state index is 0.0491. The number of amides is 2. The van der Waals surface area contributed by atoms with Gasteiger partial charge in [0.1, 0.15) is 12.6 Å². The van der Waals surface area contributed by atoms with Gasteiger partial charge in [0, 0.05) is 29.7 Å². The number of benzene rings is 1. The number of aliphatic carboxylic acids is 1. The second-order valence-corrected chi connectivity index (χ2v) is 5.52. The molecule has 9 nitrogen and oxygen atoms in total. The zero-order valence-corrected chi connectivity index (χ0v) is 13.0. The first-order valence-electron chi connectivity index (χ1n) is 6.43. The predicted molar refractivity (Wildman–Crippen MR) is 82.1 cm³/mol. The highest BCUT2D eigenvalue weighted by Gasteiger charge is 2.20. The van der Waals surface area contributed by atoms with Crippen molar-refractivity contribution in [3.8, 4) is 0 Å². The number of hydrogen-bond acceptors (Lipinski definition) is 6. The molecule has 10 heteroatoms. The van der Waals surface area contributed by atoms with Crippen molar-refractivity contribution in [3.63, 3.8) is 0 Å². The normalized spacial score (nSPS) is 11.3. The molecule has 1 aromatic rings. The topological polar surface area (TPSA) is 139 Å². The Kier molecular flexibility index (Phi) is 7.00. The Morgan fingerprint density at radius 3 is 2.39 bits per heavy atom. The minimum Gasteiger partial charge on any atom is -0.480 e. The van der Waals surface area contributed by atoms with Crippen molar-refractivity contribution in [2.45, 2.75) is 17.9 Å². The summed E-state index contributed by atoms with van der Waals surface area (Å²) in [5.41, 5.74) is -0.0491. The first-order valence-corrected chi connectivity index (χ1v) is 7.42. The number of nitro groups is 1. The summed E-state index contributed by atoms with van der Waals surface area (Å²) in [6.07, 6.45) is 0. The number of rotatable bonds is 8. The standard InChI is InChI=1S/C13H15N3O6S/c1-8(17)15-11(13(20)14-6-12(18)19)7-23-10-4-2-9(3-5-10)16(21)22/h2-5,11H,6-7H2,1H3,(H,14,20)(H,15,17)(H,18,19)/t11-/m0/s1. The number of nitro benzene ring substituents is 1. The van der Waals surface area contributed by atoms with Crippen LogP contribution in [0.25, 0.3) is 0 Å². The van der Waals surface area contributed by atoms with Gasteiger partial charge >= 0.3 is 5.97 Å². The average Bonchev–Trinajstić information content (AvgIpc) is 2.49. The molecule has 0 radical (unpaired) electrons. The number of carboxylic acid groups (broad SMARTS) is 1. The van der Waals surface area contributed by atoms with E-state index in [1.165, 1.54) is 43.0 Å². The molecular formula is C13H15N3O6S. The van der Waals surface area contributed by atoms with Crippen LogP contribution in [0.5, 0.6) is 0 Å². The van der Waals surface area contributed by atoms with Gasteiger partial charge in [-0.25, -0.2) is 0 Å². The lowest BCUT2D eigenvalue weighted by Gasteiger charge is -2.16. The Bertz CT molecular complexity index is 604. The SMILES string of the molecule is CC(=O)N[C@@H](CSc1ccc([N+](=O)[O-])cc1)C(=O)NCC(=O)O. The second-order valence-electron chi connectivity index (χ2n) is 4.43. The molecule has 0 saturated heterocycles. The van der Waals surface area contributed by atoms with Crippen LogP contribution in [0.2, 0.25) is 0 Å². The molecule has 0 saturated carbocycles. The van der Waals surface area contributed by atoms with Crippen LogP contribution in [0.1, 0.15) is 6.92 Å². The van der Waals surface area contributed by atoms with Gasteiger partial charge in [-0.2, -0.15) is 0 Å². The lowest BCUT2D eigenvalue weighted by atomic mass is 10.3. The van der Waals surface area contributed by atoms with Crippen LogP contribution in [0.4, 0.5) is 5.69 Å². The highest BCUT2D eigenvalue weighted by molar-refractivity contribution is 7.99. The van der Waals surface area contributed by atoms with Crippen LogP contribution in [-0.4, -0.2) is 46.2 Å². The van der Waals surface area contributed by atoms with Gasteiger partial charge in [-0.3, -0.25) is 24.5 Å². The lowest BCUT2D eigenvalue weighted by Crippen LogP contribution is -2.48. The van der Waals surface area contributed by atoms with Crippen molar-refractivity contribution in [1.29, 1.82) is 0 Å². The molecule has 0 unspecified atom stereocenters. The average molecular weight is 341 g/mol. The monoisotopic (exact) mass is 341 g/mol. The second kappa shape index (κ2) is 8.73. The van der Waals surface area contributed by atoms with Crippen LogP contribution in [0, 0.1) is 10.1 Å². The highest BCUT2D eigenvalue weighted by atomic mass is 32.2.